The smallest absolute Gasteiger partial charge is 0.129 e. The molecule has 0 atom stereocenters. The molecule has 0 bridgehead atoms. The van der Waals surface area contributed by atoms with Gasteiger partial charge in [0.25, 0.3) is 0 Å². The van der Waals surface area contributed by atoms with Gasteiger partial charge in [-0.2, -0.15) is 5.10 Å². The second-order valence-electron chi connectivity index (χ2n) is 5.15. The average Bonchev–Trinajstić information content (AvgIpc) is 2.84. The molecule has 0 amide bonds. The first-order chi connectivity index (χ1) is 10.2. The molecule has 2 N–H and O–H groups in total. The van der Waals surface area contributed by atoms with Crippen molar-refractivity contribution in [2.24, 2.45) is 7.05 Å². The van der Waals surface area contributed by atoms with Crippen molar-refractivity contribution in [3.05, 3.63) is 60.2 Å². The molecule has 3 rings (SSSR count). The molecule has 0 spiro atoms. The molecule has 3 heteroatoms. The van der Waals surface area contributed by atoms with Crippen LogP contribution in [0.2, 0.25) is 0 Å². The number of anilines is 1. The minimum atomic E-state index is 0.691. The van der Waals surface area contributed by atoms with Crippen molar-refractivity contribution >= 4 is 5.82 Å². The highest BCUT2D eigenvalue weighted by Gasteiger charge is 2.16. The number of nitrogen functional groups attached to an aromatic ring is 1. The Bertz CT molecular complexity index is 740. The van der Waals surface area contributed by atoms with Crippen LogP contribution in [0.3, 0.4) is 0 Å². The van der Waals surface area contributed by atoms with Gasteiger partial charge in [-0.1, -0.05) is 61.5 Å². The lowest BCUT2D eigenvalue weighted by Crippen LogP contribution is -1.97. The first kappa shape index (κ1) is 13.4. The fraction of sp³-hybridized carbons (Fsp3) is 0.167. The van der Waals surface area contributed by atoms with Gasteiger partial charge < -0.3 is 5.73 Å². The Balaban J connectivity index is 2.16. The number of nitrogens with zero attached hydrogens (tertiary/aromatic N) is 2. The quantitative estimate of drug-likeness (QED) is 0.789. The van der Waals surface area contributed by atoms with E-state index in [-0.39, 0.29) is 0 Å². The molecular formula is C18H19N3. The van der Waals surface area contributed by atoms with Crippen LogP contribution in [0.5, 0.6) is 0 Å². The van der Waals surface area contributed by atoms with Crippen LogP contribution in [0, 0.1) is 0 Å². The number of aromatic nitrogens is 2. The van der Waals surface area contributed by atoms with E-state index in [9.17, 15) is 0 Å². The Morgan fingerprint density at radius 3 is 2.24 bits per heavy atom. The summed E-state index contributed by atoms with van der Waals surface area (Å²) >= 11 is 0. The molecule has 0 aliphatic heterocycles. The van der Waals surface area contributed by atoms with Crippen LogP contribution in [0.25, 0.3) is 22.4 Å². The lowest BCUT2D eigenvalue weighted by atomic mass is 10.00. The van der Waals surface area contributed by atoms with E-state index in [0.717, 1.165) is 28.8 Å². The summed E-state index contributed by atoms with van der Waals surface area (Å²) in [4.78, 5) is 0. The highest BCUT2D eigenvalue weighted by Crippen LogP contribution is 2.35. The van der Waals surface area contributed by atoms with Gasteiger partial charge in [0.05, 0.1) is 5.56 Å². The van der Waals surface area contributed by atoms with Gasteiger partial charge in [-0.05, 0) is 17.5 Å². The summed E-state index contributed by atoms with van der Waals surface area (Å²) in [5, 5.41) is 4.60. The monoisotopic (exact) mass is 277 g/mol. The number of aryl methyl sites for hydroxylation is 2. The van der Waals surface area contributed by atoms with Crippen molar-refractivity contribution in [1.29, 1.82) is 0 Å². The minimum Gasteiger partial charge on any atom is -0.383 e. The fourth-order valence-electron chi connectivity index (χ4n) is 2.53. The summed E-state index contributed by atoms with van der Waals surface area (Å²) in [6.07, 6.45) is 1.04. The van der Waals surface area contributed by atoms with Crippen molar-refractivity contribution in [3.8, 4) is 22.4 Å². The molecule has 0 radical (unpaired) electrons. The molecule has 106 valence electrons. The summed E-state index contributed by atoms with van der Waals surface area (Å²) in [6, 6.07) is 18.7. The molecule has 0 fully saturated rings. The van der Waals surface area contributed by atoms with Gasteiger partial charge in [0, 0.05) is 12.6 Å². The van der Waals surface area contributed by atoms with Crippen molar-refractivity contribution < 1.29 is 0 Å². The van der Waals surface area contributed by atoms with Crippen LogP contribution >= 0.6 is 0 Å². The molecule has 0 aliphatic carbocycles. The second-order valence-corrected chi connectivity index (χ2v) is 5.15. The molecule has 1 heterocycles. The second kappa shape index (κ2) is 5.44. The van der Waals surface area contributed by atoms with Gasteiger partial charge in [0.15, 0.2) is 0 Å². The number of benzene rings is 2. The maximum atomic E-state index is 6.23. The van der Waals surface area contributed by atoms with Crippen molar-refractivity contribution in [3.63, 3.8) is 0 Å². The lowest BCUT2D eigenvalue weighted by molar-refractivity contribution is 0.782. The van der Waals surface area contributed by atoms with Gasteiger partial charge >= 0.3 is 0 Å². The molecule has 3 aromatic rings. The van der Waals surface area contributed by atoms with Gasteiger partial charge in [-0.25, -0.2) is 0 Å². The Hall–Kier alpha value is -2.55. The van der Waals surface area contributed by atoms with Crippen molar-refractivity contribution in [2.45, 2.75) is 13.3 Å². The van der Waals surface area contributed by atoms with Crippen LogP contribution in [0.4, 0.5) is 5.82 Å². The average molecular weight is 277 g/mol. The van der Waals surface area contributed by atoms with Gasteiger partial charge in [-0.15, -0.1) is 0 Å². The molecule has 1 aromatic heterocycles. The van der Waals surface area contributed by atoms with E-state index < -0.39 is 0 Å². The summed E-state index contributed by atoms with van der Waals surface area (Å²) in [6.45, 7) is 2.16. The van der Waals surface area contributed by atoms with Crippen LogP contribution in [-0.4, -0.2) is 9.78 Å². The lowest BCUT2D eigenvalue weighted by Gasteiger charge is -2.05. The van der Waals surface area contributed by atoms with Crippen LogP contribution in [0.15, 0.2) is 54.6 Å². The zero-order valence-electron chi connectivity index (χ0n) is 12.4. The molecule has 0 unspecified atom stereocenters. The Morgan fingerprint density at radius 1 is 0.952 bits per heavy atom. The molecular weight excluding hydrogens is 258 g/mol. The van der Waals surface area contributed by atoms with Crippen LogP contribution in [-0.2, 0) is 13.5 Å². The zero-order valence-corrected chi connectivity index (χ0v) is 12.4. The zero-order chi connectivity index (χ0) is 14.8. The molecule has 21 heavy (non-hydrogen) atoms. The third-order valence-corrected chi connectivity index (χ3v) is 3.79. The van der Waals surface area contributed by atoms with Gasteiger partial charge in [-0.3, -0.25) is 4.68 Å². The molecule has 2 aromatic carbocycles. The predicted octanol–water partition coefficient (Wildman–Crippen LogP) is 3.90. The fourth-order valence-corrected chi connectivity index (χ4v) is 2.53. The van der Waals surface area contributed by atoms with Gasteiger partial charge in [0.1, 0.15) is 11.5 Å². The predicted molar refractivity (Wildman–Crippen MR) is 87.9 cm³/mol. The molecule has 0 aliphatic rings. The van der Waals surface area contributed by atoms with E-state index in [2.05, 4.69) is 48.4 Å². The Kier molecular flexibility index (Phi) is 3.48. The van der Waals surface area contributed by atoms with E-state index in [1.54, 1.807) is 4.68 Å². The number of rotatable bonds is 3. The summed E-state index contributed by atoms with van der Waals surface area (Å²) in [5.74, 6) is 0.691. The SMILES string of the molecule is CCc1ccc(-c2nn(C)c(N)c2-c2ccccc2)cc1. The topological polar surface area (TPSA) is 43.8 Å². The van der Waals surface area contributed by atoms with Crippen LogP contribution in [0.1, 0.15) is 12.5 Å². The first-order valence-corrected chi connectivity index (χ1v) is 7.18. The van der Waals surface area contributed by atoms with E-state index in [1.165, 1.54) is 5.56 Å². The van der Waals surface area contributed by atoms with Crippen LogP contribution < -0.4 is 5.73 Å². The maximum Gasteiger partial charge on any atom is 0.129 e. The normalized spacial score (nSPS) is 10.8. The van der Waals surface area contributed by atoms with Crippen molar-refractivity contribution in [1.82, 2.24) is 9.78 Å². The van der Waals surface area contributed by atoms with Crippen molar-refractivity contribution in [2.75, 3.05) is 5.73 Å². The van der Waals surface area contributed by atoms with E-state index in [0.29, 0.717) is 5.82 Å². The summed E-state index contributed by atoms with van der Waals surface area (Å²) < 4.78 is 1.74. The largest absolute Gasteiger partial charge is 0.383 e. The molecule has 3 nitrogen and oxygen atoms in total. The highest BCUT2D eigenvalue weighted by atomic mass is 15.3. The van der Waals surface area contributed by atoms with E-state index >= 15 is 0 Å². The minimum absolute atomic E-state index is 0.691. The Morgan fingerprint density at radius 2 is 1.62 bits per heavy atom. The Labute approximate surface area is 125 Å². The number of hydrogen-bond acceptors (Lipinski definition) is 2. The number of hydrogen-bond donors (Lipinski definition) is 1. The summed E-state index contributed by atoms with van der Waals surface area (Å²) in [5.41, 5.74) is 11.7. The van der Waals surface area contributed by atoms with E-state index in [1.807, 2.05) is 25.2 Å². The number of nitrogens with two attached hydrogens (primary N) is 1. The summed E-state index contributed by atoms with van der Waals surface area (Å²) in [7, 11) is 1.88. The standard InChI is InChI=1S/C18H19N3/c1-3-13-9-11-15(12-10-13)17-16(18(19)21(2)20-17)14-7-5-4-6-8-14/h4-12H,3,19H2,1-2H3. The highest BCUT2D eigenvalue weighted by molar-refractivity contribution is 5.88. The van der Waals surface area contributed by atoms with Gasteiger partial charge in [0.2, 0.25) is 0 Å². The maximum absolute atomic E-state index is 6.23. The molecule has 0 saturated carbocycles. The molecule has 0 saturated heterocycles. The third-order valence-electron chi connectivity index (χ3n) is 3.79. The van der Waals surface area contributed by atoms with E-state index in [4.69, 9.17) is 5.73 Å². The third kappa shape index (κ3) is 2.42. The first-order valence-electron chi connectivity index (χ1n) is 7.18.